The lowest BCUT2D eigenvalue weighted by Gasteiger charge is -2.23. The Morgan fingerprint density at radius 1 is 1.17 bits per heavy atom. The predicted octanol–water partition coefficient (Wildman–Crippen LogP) is 5.95. The standard InChI is InChI=1S/C25H36N2O2/c1-6-11-17-24(23(9-4)21-15-13-12-14-16-21)26-25(28)29-22(8-3)18-20-27(10-5)19-7-2/h6,9,11-17,22H,1,4,7-8,10,18-20H2,2-3,5H3,(H,26,28)/b17-11-,24-23-. The molecule has 1 aromatic carbocycles. The first-order valence-electron chi connectivity index (χ1n) is 10.5. The molecule has 0 saturated carbocycles. The minimum Gasteiger partial charge on any atom is -0.446 e. The average molecular weight is 397 g/mol. The van der Waals surface area contributed by atoms with Gasteiger partial charge in [0, 0.05) is 12.1 Å². The number of alkyl carbamates (subject to hydrolysis) is 1. The number of benzene rings is 1. The maximum Gasteiger partial charge on any atom is 0.411 e. The van der Waals surface area contributed by atoms with Gasteiger partial charge in [-0.25, -0.2) is 4.79 Å². The topological polar surface area (TPSA) is 41.6 Å². The van der Waals surface area contributed by atoms with Crippen LogP contribution >= 0.6 is 0 Å². The number of nitrogens with zero attached hydrogens (tertiary/aromatic N) is 1. The third kappa shape index (κ3) is 8.97. The number of ether oxygens (including phenoxy) is 1. The van der Waals surface area contributed by atoms with Crippen LogP contribution in [0.1, 0.15) is 45.6 Å². The van der Waals surface area contributed by atoms with Gasteiger partial charge in [-0.15, -0.1) is 0 Å². The van der Waals surface area contributed by atoms with E-state index < -0.39 is 6.09 Å². The summed E-state index contributed by atoms with van der Waals surface area (Å²) in [4.78, 5) is 15.0. The smallest absolute Gasteiger partial charge is 0.411 e. The first-order chi connectivity index (χ1) is 14.1. The van der Waals surface area contributed by atoms with Crippen molar-refractivity contribution in [2.75, 3.05) is 19.6 Å². The number of nitrogens with one attached hydrogen (secondary N) is 1. The van der Waals surface area contributed by atoms with Crippen molar-refractivity contribution in [1.29, 1.82) is 0 Å². The Balaban J connectivity index is 2.89. The summed E-state index contributed by atoms with van der Waals surface area (Å²) >= 11 is 0. The minimum absolute atomic E-state index is 0.116. The Morgan fingerprint density at radius 3 is 2.45 bits per heavy atom. The monoisotopic (exact) mass is 396 g/mol. The van der Waals surface area contributed by atoms with Crippen molar-refractivity contribution in [3.63, 3.8) is 0 Å². The number of amides is 1. The molecular formula is C25H36N2O2. The molecule has 0 aliphatic heterocycles. The summed E-state index contributed by atoms with van der Waals surface area (Å²) < 4.78 is 5.71. The second kappa shape index (κ2) is 14.4. The van der Waals surface area contributed by atoms with Crippen LogP contribution in [0.2, 0.25) is 0 Å². The maximum absolute atomic E-state index is 12.6. The van der Waals surface area contributed by atoms with Gasteiger partial charge in [0.15, 0.2) is 0 Å². The number of hydrogen-bond donors (Lipinski definition) is 1. The fourth-order valence-corrected chi connectivity index (χ4v) is 3.07. The highest BCUT2D eigenvalue weighted by Crippen LogP contribution is 2.20. The molecular weight excluding hydrogens is 360 g/mol. The molecule has 1 N–H and O–H groups in total. The van der Waals surface area contributed by atoms with E-state index in [9.17, 15) is 4.79 Å². The van der Waals surface area contributed by atoms with Crippen molar-refractivity contribution < 1.29 is 9.53 Å². The molecule has 0 bridgehead atoms. The lowest BCUT2D eigenvalue weighted by Crippen LogP contribution is -2.32. The number of allylic oxidation sites excluding steroid dienone is 5. The van der Waals surface area contributed by atoms with Gasteiger partial charge in [-0.05, 0) is 44.0 Å². The van der Waals surface area contributed by atoms with E-state index in [1.54, 1.807) is 24.3 Å². The third-order valence-corrected chi connectivity index (χ3v) is 4.70. The van der Waals surface area contributed by atoms with Gasteiger partial charge >= 0.3 is 6.09 Å². The zero-order valence-electron chi connectivity index (χ0n) is 18.2. The van der Waals surface area contributed by atoms with Crippen molar-refractivity contribution in [1.82, 2.24) is 10.2 Å². The van der Waals surface area contributed by atoms with Crippen LogP contribution in [0.15, 0.2) is 73.5 Å². The Morgan fingerprint density at radius 2 is 1.90 bits per heavy atom. The highest BCUT2D eigenvalue weighted by atomic mass is 16.6. The second-order valence-corrected chi connectivity index (χ2v) is 6.78. The van der Waals surface area contributed by atoms with Gasteiger partial charge in [0.05, 0.1) is 5.70 Å². The van der Waals surface area contributed by atoms with E-state index in [1.165, 1.54) is 0 Å². The number of carbonyl (C=O) groups excluding carboxylic acids is 1. The fourth-order valence-electron chi connectivity index (χ4n) is 3.07. The maximum atomic E-state index is 12.6. The summed E-state index contributed by atoms with van der Waals surface area (Å²) in [5, 5.41) is 2.89. The Kier molecular flexibility index (Phi) is 12.2. The molecule has 1 atom stereocenters. The van der Waals surface area contributed by atoms with Crippen molar-refractivity contribution in [2.45, 2.75) is 46.1 Å². The van der Waals surface area contributed by atoms with Gasteiger partial charge in [-0.2, -0.15) is 0 Å². The second-order valence-electron chi connectivity index (χ2n) is 6.78. The van der Waals surface area contributed by atoms with Crippen molar-refractivity contribution in [3.05, 3.63) is 79.1 Å². The summed E-state index contributed by atoms with van der Waals surface area (Å²) in [6, 6.07) is 9.82. The molecule has 0 radical (unpaired) electrons. The highest BCUT2D eigenvalue weighted by Gasteiger charge is 2.16. The van der Waals surface area contributed by atoms with Gasteiger partial charge in [0.25, 0.3) is 0 Å². The zero-order valence-corrected chi connectivity index (χ0v) is 18.2. The molecule has 0 spiro atoms. The van der Waals surface area contributed by atoms with Crippen LogP contribution < -0.4 is 5.32 Å². The van der Waals surface area contributed by atoms with Gasteiger partial charge < -0.3 is 9.64 Å². The normalized spacial score (nSPS) is 13.1. The lowest BCUT2D eigenvalue weighted by atomic mass is 10.0. The van der Waals surface area contributed by atoms with Crippen LogP contribution in [0.4, 0.5) is 4.79 Å². The Hall–Kier alpha value is -2.59. The number of rotatable bonds is 13. The zero-order chi connectivity index (χ0) is 21.5. The van der Waals surface area contributed by atoms with E-state index in [4.69, 9.17) is 4.74 Å². The molecule has 29 heavy (non-hydrogen) atoms. The minimum atomic E-state index is -0.450. The Labute approximate surface area is 176 Å². The number of carbonyl (C=O) groups is 1. The molecule has 1 rings (SSSR count). The molecule has 0 saturated heterocycles. The van der Waals surface area contributed by atoms with E-state index in [2.05, 4.69) is 37.2 Å². The molecule has 0 aliphatic carbocycles. The van der Waals surface area contributed by atoms with Crippen molar-refractivity contribution in [3.8, 4) is 0 Å². The average Bonchev–Trinajstić information content (AvgIpc) is 2.74. The van der Waals surface area contributed by atoms with Gasteiger partial charge in [0.1, 0.15) is 6.10 Å². The van der Waals surface area contributed by atoms with E-state index in [0.29, 0.717) is 5.70 Å². The molecule has 0 fully saturated rings. The predicted molar refractivity (Wildman–Crippen MR) is 124 cm³/mol. The molecule has 1 unspecified atom stereocenters. The van der Waals surface area contributed by atoms with Crippen LogP contribution in [0.25, 0.3) is 5.57 Å². The van der Waals surface area contributed by atoms with Crippen LogP contribution in [0.5, 0.6) is 0 Å². The largest absolute Gasteiger partial charge is 0.446 e. The quantitative estimate of drug-likeness (QED) is 0.419. The lowest BCUT2D eigenvalue weighted by molar-refractivity contribution is 0.0847. The molecule has 158 valence electrons. The summed E-state index contributed by atoms with van der Waals surface area (Å²) in [6.07, 6.45) is 9.16. The molecule has 4 heteroatoms. The van der Waals surface area contributed by atoms with Gasteiger partial charge in [0.2, 0.25) is 0 Å². The van der Waals surface area contributed by atoms with Crippen LogP contribution in [-0.4, -0.2) is 36.7 Å². The van der Waals surface area contributed by atoms with Crippen LogP contribution in [0.3, 0.4) is 0 Å². The number of hydrogen-bond acceptors (Lipinski definition) is 3. The highest BCUT2D eigenvalue weighted by molar-refractivity contribution is 5.82. The molecule has 1 amide bonds. The van der Waals surface area contributed by atoms with E-state index >= 15 is 0 Å². The molecule has 1 aromatic rings. The summed E-state index contributed by atoms with van der Waals surface area (Å²) in [5.41, 5.74) is 2.43. The van der Waals surface area contributed by atoms with Gasteiger partial charge in [-0.3, -0.25) is 5.32 Å². The molecule has 0 aromatic heterocycles. The van der Waals surface area contributed by atoms with Crippen molar-refractivity contribution >= 4 is 11.7 Å². The summed E-state index contributed by atoms with van der Waals surface area (Å²) in [5.74, 6) is 0. The van der Waals surface area contributed by atoms with Crippen LogP contribution in [0, 0.1) is 0 Å². The Bertz CT molecular complexity index is 692. The molecule has 0 aliphatic rings. The van der Waals surface area contributed by atoms with E-state index in [1.807, 2.05) is 37.3 Å². The van der Waals surface area contributed by atoms with Gasteiger partial charge in [-0.1, -0.05) is 82.5 Å². The first-order valence-corrected chi connectivity index (χ1v) is 10.5. The van der Waals surface area contributed by atoms with E-state index in [-0.39, 0.29) is 6.10 Å². The SMILES string of the molecule is C=C/C=C\C(NC(=O)OC(CC)CCN(CC)CCC)=C(/C=C)c1ccccc1. The van der Waals surface area contributed by atoms with E-state index in [0.717, 1.165) is 50.0 Å². The molecule has 0 heterocycles. The third-order valence-electron chi connectivity index (χ3n) is 4.70. The van der Waals surface area contributed by atoms with Crippen LogP contribution in [-0.2, 0) is 4.74 Å². The summed E-state index contributed by atoms with van der Waals surface area (Å²) in [7, 11) is 0. The first kappa shape index (κ1) is 24.4. The fraction of sp³-hybridized carbons (Fsp3) is 0.400. The molecule has 4 nitrogen and oxygen atoms in total. The van der Waals surface area contributed by atoms with Crippen molar-refractivity contribution in [2.24, 2.45) is 0 Å². The summed E-state index contributed by atoms with van der Waals surface area (Å²) in [6.45, 7) is 17.0.